The highest BCUT2D eigenvalue weighted by molar-refractivity contribution is 7.90. The van der Waals surface area contributed by atoms with Crippen LogP contribution in [-0.2, 0) is 14.8 Å². The molecule has 0 radical (unpaired) electrons. The fourth-order valence-electron chi connectivity index (χ4n) is 2.41. The number of amides is 1. The second-order valence-corrected chi connectivity index (χ2v) is 7.13. The lowest BCUT2D eigenvalue weighted by atomic mass is 10.1. The number of benzene rings is 2. The zero-order valence-corrected chi connectivity index (χ0v) is 13.8. The van der Waals surface area contributed by atoms with Crippen molar-refractivity contribution in [2.45, 2.75) is 4.90 Å². The first-order valence-electron chi connectivity index (χ1n) is 7.26. The van der Waals surface area contributed by atoms with Crippen LogP contribution in [0, 0.1) is 0 Å². The van der Waals surface area contributed by atoms with Gasteiger partial charge in [0.2, 0.25) is 0 Å². The summed E-state index contributed by atoms with van der Waals surface area (Å²) >= 11 is 0. The first kappa shape index (κ1) is 16.7. The molecule has 0 aliphatic heterocycles. The molecular formula is C17H15N3O4S. The summed E-state index contributed by atoms with van der Waals surface area (Å²) in [6, 6.07) is 12.7. The summed E-state index contributed by atoms with van der Waals surface area (Å²) in [5.41, 5.74) is 8.80. The van der Waals surface area contributed by atoms with E-state index in [1.807, 2.05) is 0 Å². The van der Waals surface area contributed by atoms with Gasteiger partial charge < -0.3 is 5.73 Å². The number of nitrogens with zero attached hydrogens (tertiary/aromatic N) is 1. The minimum absolute atomic E-state index is 0.141. The number of nitrogen functional groups attached to an aromatic ring is 1. The van der Waals surface area contributed by atoms with E-state index in [1.165, 1.54) is 52.1 Å². The molecular weight excluding hydrogens is 342 g/mol. The molecule has 0 aliphatic rings. The van der Waals surface area contributed by atoms with Crippen LogP contribution in [-0.4, -0.2) is 23.5 Å². The molecule has 1 heterocycles. The summed E-state index contributed by atoms with van der Waals surface area (Å²) < 4.78 is 26.8. The lowest BCUT2D eigenvalue weighted by molar-refractivity contribution is -0.124. The van der Waals surface area contributed by atoms with E-state index >= 15 is 0 Å². The van der Waals surface area contributed by atoms with Crippen LogP contribution in [0.25, 0.3) is 17.0 Å². The van der Waals surface area contributed by atoms with Gasteiger partial charge in [-0.2, -0.15) is 0 Å². The topological polar surface area (TPSA) is 114 Å². The number of hydrogen-bond donors (Lipinski definition) is 3. The molecule has 2 aromatic carbocycles. The molecule has 8 heteroatoms. The van der Waals surface area contributed by atoms with E-state index in [4.69, 9.17) is 10.9 Å². The van der Waals surface area contributed by atoms with Crippen LogP contribution in [0.4, 0.5) is 5.69 Å². The van der Waals surface area contributed by atoms with Crippen molar-refractivity contribution in [3.63, 3.8) is 0 Å². The Morgan fingerprint density at radius 2 is 1.84 bits per heavy atom. The highest BCUT2D eigenvalue weighted by Gasteiger charge is 2.18. The summed E-state index contributed by atoms with van der Waals surface area (Å²) in [6.07, 6.45) is 4.16. The highest BCUT2D eigenvalue weighted by Crippen LogP contribution is 2.24. The van der Waals surface area contributed by atoms with Gasteiger partial charge in [-0.1, -0.05) is 6.07 Å². The van der Waals surface area contributed by atoms with Gasteiger partial charge in [-0.25, -0.2) is 17.9 Å². The Morgan fingerprint density at radius 3 is 2.52 bits per heavy atom. The van der Waals surface area contributed by atoms with Crippen molar-refractivity contribution in [1.29, 1.82) is 0 Å². The molecule has 25 heavy (non-hydrogen) atoms. The Hall–Kier alpha value is -3.10. The summed E-state index contributed by atoms with van der Waals surface area (Å²) in [5, 5.41) is 9.17. The Labute approximate surface area is 144 Å². The van der Waals surface area contributed by atoms with Gasteiger partial charge in [-0.05, 0) is 54.1 Å². The van der Waals surface area contributed by atoms with E-state index in [0.29, 0.717) is 22.2 Å². The lowest BCUT2D eigenvalue weighted by Crippen LogP contribution is -2.14. The largest absolute Gasteiger partial charge is 0.399 e. The number of hydrogen-bond acceptors (Lipinski definition) is 5. The van der Waals surface area contributed by atoms with Crippen LogP contribution in [0.15, 0.2) is 65.7 Å². The maximum atomic E-state index is 12.8. The fourth-order valence-corrected chi connectivity index (χ4v) is 3.76. The van der Waals surface area contributed by atoms with Crippen LogP contribution >= 0.6 is 0 Å². The smallest absolute Gasteiger partial charge is 0.268 e. The third-order valence-electron chi connectivity index (χ3n) is 3.65. The van der Waals surface area contributed by atoms with E-state index in [1.54, 1.807) is 24.3 Å². The number of nitrogens with one attached hydrogen (secondary N) is 1. The minimum Gasteiger partial charge on any atom is -0.399 e. The first-order valence-corrected chi connectivity index (χ1v) is 8.70. The van der Waals surface area contributed by atoms with Crippen molar-refractivity contribution >= 4 is 38.6 Å². The van der Waals surface area contributed by atoms with Gasteiger partial charge in [0.1, 0.15) is 0 Å². The van der Waals surface area contributed by atoms with E-state index in [2.05, 4.69) is 0 Å². The van der Waals surface area contributed by atoms with Gasteiger partial charge in [0, 0.05) is 23.3 Å². The van der Waals surface area contributed by atoms with Gasteiger partial charge in [0.25, 0.3) is 15.9 Å². The van der Waals surface area contributed by atoms with E-state index in [0.717, 1.165) is 0 Å². The van der Waals surface area contributed by atoms with Gasteiger partial charge in [0.15, 0.2) is 0 Å². The molecule has 0 bridgehead atoms. The maximum absolute atomic E-state index is 12.8. The fraction of sp³-hybridized carbons (Fsp3) is 0. The molecule has 0 unspecified atom stereocenters. The van der Waals surface area contributed by atoms with Crippen LogP contribution in [0.5, 0.6) is 0 Å². The predicted octanol–water partition coefficient (Wildman–Crippen LogP) is 1.98. The van der Waals surface area contributed by atoms with E-state index in [9.17, 15) is 13.2 Å². The molecule has 0 spiro atoms. The molecule has 0 saturated carbocycles. The quantitative estimate of drug-likeness (QED) is 0.286. The molecule has 128 valence electrons. The van der Waals surface area contributed by atoms with Gasteiger partial charge in [0.05, 0.1) is 10.4 Å². The highest BCUT2D eigenvalue weighted by atomic mass is 32.2. The maximum Gasteiger partial charge on any atom is 0.268 e. The number of aromatic nitrogens is 1. The number of rotatable bonds is 4. The SMILES string of the molecule is Nc1ccc(S(=O)(=O)n2ccc3cc(C=CC(=O)NO)ccc32)cc1. The van der Waals surface area contributed by atoms with E-state index < -0.39 is 15.9 Å². The number of hydroxylamine groups is 1. The monoisotopic (exact) mass is 357 g/mol. The lowest BCUT2D eigenvalue weighted by Gasteiger charge is -2.08. The van der Waals surface area contributed by atoms with Gasteiger partial charge in [-0.3, -0.25) is 10.0 Å². The Bertz CT molecular complexity index is 1070. The standard InChI is InChI=1S/C17H15N3O4S/c18-14-3-5-15(6-4-14)25(23,24)20-10-9-13-11-12(1-7-16(13)20)2-8-17(21)19-22/h1-11,22H,18H2,(H,19,21). The molecule has 1 aromatic heterocycles. The van der Waals surface area contributed by atoms with Crippen LogP contribution in [0.3, 0.4) is 0 Å². The Morgan fingerprint density at radius 1 is 1.12 bits per heavy atom. The molecule has 7 nitrogen and oxygen atoms in total. The normalized spacial score (nSPS) is 11.9. The number of fused-ring (bicyclic) bond motifs is 1. The molecule has 0 atom stereocenters. The molecule has 1 amide bonds. The minimum atomic E-state index is -3.74. The number of carbonyl (C=O) groups excluding carboxylic acids is 1. The summed E-state index contributed by atoms with van der Waals surface area (Å²) in [6.45, 7) is 0. The van der Waals surface area contributed by atoms with Crippen molar-refractivity contribution in [3.05, 3.63) is 66.4 Å². The number of anilines is 1. The molecule has 3 aromatic rings. The zero-order valence-electron chi connectivity index (χ0n) is 13.0. The number of carbonyl (C=O) groups is 1. The molecule has 4 N–H and O–H groups in total. The second kappa shape index (κ2) is 6.42. The van der Waals surface area contributed by atoms with Crippen LogP contribution in [0.2, 0.25) is 0 Å². The number of nitrogens with two attached hydrogens (primary N) is 1. The molecule has 3 rings (SSSR count). The third kappa shape index (κ3) is 3.25. The van der Waals surface area contributed by atoms with Gasteiger partial charge >= 0.3 is 0 Å². The zero-order chi connectivity index (χ0) is 18.0. The van der Waals surface area contributed by atoms with E-state index in [-0.39, 0.29) is 4.90 Å². The van der Waals surface area contributed by atoms with Gasteiger partial charge in [-0.15, -0.1) is 0 Å². The third-order valence-corrected chi connectivity index (χ3v) is 5.36. The average Bonchev–Trinajstić information content (AvgIpc) is 3.04. The van der Waals surface area contributed by atoms with Crippen molar-refractivity contribution < 1.29 is 18.4 Å². The Kier molecular flexibility index (Phi) is 4.30. The molecule has 0 fully saturated rings. The molecule has 0 aliphatic carbocycles. The predicted molar refractivity (Wildman–Crippen MR) is 94.3 cm³/mol. The summed E-state index contributed by atoms with van der Waals surface area (Å²) in [7, 11) is -3.74. The van der Waals surface area contributed by atoms with Crippen molar-refractivity contribution in [3.8, 4) is 0 Å². The van der Waals surface area contributed by atoms with Crippen molar-refractivity contribution in [2.75, 3.05) is 5.73 Å². The van der Waals surface area contributed by atoms with Crippen molar-refractivity contribution in [2.24, 2.45) is 0 Å². The average molecular weight is 357 g/mol. The Balaban J connectivity index is 2.02. The van der Waals surface area contributed by atoms with Crippen LogP contribution in [0.1, 0.15) is 5.56 Å². The second-order valence-electron chi connectivity index (χ2n) is 5.31. The molecule has 0 saturated heterocycles. The van der Waals surface area contributed by atoms with Crippen molar-refractivity contribution in [1.82, 2.24) is 9.45 Å². The summed E-state index contributed by atoms with van der Waals surface area (Å²) in [5.74, 6) is -0.649. The first-order chi connectivity index (χ1) is 11.9. The van der Waals surface area contributed by atoms with Crippen LogP contribution < -0.4 is 11.2 Å². The summed E-state index contributed by atoms with van der Waals surface area (Å²) in [4.78, 5) is 11.2.